The lowest BCUT2D eigenvalue weighted by Crippen LogP contribution is -2.51. The van der Waals surface area contributed by atoms with E-state index in [1.165, 1.54) is 0 Å². The maximum Gasteiger partial charge on any atom is 0.261 e. The number of nitrogens with one attached hydrogen (secondary N) is 1. The van der Waals surface area contributed by atoms with Crippen LogP contribution in [-0.4, -0.2) is 35.9 Å². The average molecular weight is 493 g/mol. The molecule has 3 aromatic carbocycles. The highest BCUT2D eigenvalue weighted by atomic mass is 35.5. The molecule has 2 amide bonds. The minimum Gasteiger partial charge on any atom is -0.484 e. The lowest BCUT2D eigenvalue weighted by molar-refractivity contribution is -0.142. The number of nitrogens with zero attached hydrogens (tertiary/aromatic N) is 1. The van der Waals surface area contributed by atoms with E-state index in [1.54, 1.807) is 23.1 Å². The standard InChI is InChI=1S/C29H33ClN2O3/c1-4-16-31-29(34)27(18-23-8-6-5-7-9-23)32(19-24-12-10-21(2)11-13-24)28(33)20-35-25-14-15-26(30)22(3)17-25/h5-15,17,27H,4,16,18-20H2,1-3H3,(H,31,34)/t27-/m0/s1. The molecule has 184 valence electrons. The molecule has 1 N–H and O–H groups in total. The monoisotopic (exact) mass is 492 g/mol. The van der Waals surface area contributed by atoms with Gasteiger partial charge in [0.1, 0.15) is 11.8 Å². The molecule has 6 heteroatoms. The molecule has 0 bridgehead atoms. The van der Waals surface area contributed by atoms with Crippen LogP contribution in [0, 0.1) is 13.8 Å². The third-order valence-corrected chi connectivity index (χ3v) is 6.21. The van der Waals surface area contributed by atoms with Crippen molar-refractivity contribution in [1.82, 2.24) is 10.2 Å². The minimum absolute atomic E-state index is 0.168. The molecule has 3 aromatic rings. The van der Waals surface area contributed by atoms with Crippen molar-refractivity contribution in [2.24, 2.45) is 0 Å². The molecule has 0 aliphatic carbocycles. The summed E-state index contributed by atoms with van der Waals surface area (Å²) in [6.07, 6.45) is 1.22. The van der Waals surface area contributed by atoms with Gasteiger partial charge in [-0.3, -0.25) is 9.59 Å². The SMILES string of the molecule is CCCNC(=O)[C@H](Cc1ccccc1)N(Cc1ccc(C)cc1)C(=O)COc1ccc(Cl)c(C)c1. The first-order valence-corrected chi connectivity index (χ1v) is 12.3. The van der Waals surface area contributed by atoms with Crippen molar-refractivity contribution in [3.05, 3.63) is 100 Å². The Balaban J connectivity index is 1.88. The lowest BCUT2D eigenvalue weighted by Gasteiger charge is -2.31. The summed E-state index contributed by atoms with van der Waals surface area (Å²) in [5.41, 5.74) is 3.94. The number of amides is 2. The van der Waals surface area contributed by atoms with Crippen molar-refractivity contribution in [3.63, 3.8) is 0 Å². The van der Waals surface area contributed by atoms with Gasteiger partial charge in [-0.15, -0.1) is 0 Å². The molecule has 0 aromatic heterocycles. The second-order valence-corrected chi connectivity index (χ2v) is 9.11. The summed E-state index contributed by atoms with van der Waals surface area (Å²) in [6.45, 7) is 6.58. The Hall–Kier alpha value is -3.31. The number of carbonyl (C=O) groups is 2. The van der Waals surface area contributed by atoms with E-state index < -0.39 is 6.04 Å². The van der Waals surface area contributed by atoms with Gasteiger partial charge in [0.2, 0.25) is 5.91 Å². The van der Waals surface area contributed by atoms with Crippen LogP contribution in [0.4, 0.5) is 0 Å². The van der Waals surface area contributed by atoms with E-state index in [0.717, 1.165) is 28.7 Å². The molecule has 0 unspecified atom stereocenters. The van der Waals surface area contributed by atoms with Crippen LogP contribution in [0.15, 0.2) is 72.8 Å². The van der Waals surface area contributed by atoms with Crippen LogP contribution in [0.2, 0.25) is 5.02 Å². The fraction of sp³-hybridized carbons (Fsp3) is 0.310. The van der Waals surface area contributed by atoms with Crippen molar-refractivity contribution < 1.29 is 14.3 Å². The van der Waals surface area contributed by atoms with E-state index in [-0.39, 0.29) is 18.4 Å². The Morgan fingerprint density at radius 3 is 2.34 bits per heavy atom. The molecule has 0 spiro atoms. The van der Waals surface area contributed by atoms with Crippen LogP contribution in [0.5, 0.6) is 5.75 Å². The zero-order chi connectivity index (χ0) is 25.2. The summed E-state index contributed by atoms with van der Waals surface area (Å²) in [5, 5.41) is 3.62. The Labute approximate surface area is 213 Å². The predicted molar refractivity (Wildman–Crippen MR) is 141 cm³/mol. The van der Waals surface area contributed by atoms with Crippen molar-refractivity contribution in [2.75, 3.05) is 13.2 Å². The molecule has 0 aliphatic heterocycles. The maximum absolute atomic E-state index is 13.5. The van der Waals surface area contributed by atoms with Gasteiger partial charge in [-0.05, 0) is 55.2 Å². The molecule has 0 heterocycles. The highest BCUT2D eigenvalue weighted by Crippen LogP contribution is 2.22. The second-order valence-electron chi connectivity index (χ2n) is 8.70. The zero-order valence-electron chi connectivity index (χ0n) is 20.6. The Kier molecular flexibility index (Phi) is 9.74. The minimum atomic E-state index is -0.673. The number of aryl methyl sites for hydroxylation is 2. The van der Waals surface area contributed by atoms with Gasteiger partial charge in [-0.1, -0.05) is 78.7 Å². The molecule has 0 aliphatic rings. The molecule has 1 atom stereocenters. The van der Waals surface area contributed by atoms with Crippen LogP contribution in [0.3, 0.4) is 0 Å². The van der Waals surface area contributed by atoms with E-state index in [1.807, 2.05) is 75.4 Å². The van der Waals surface area contributed by atoms with Gasteiger partial charge in [0.25, 0.3) is 5.91 Å². The predicted octanol–water partition coefficient (Wildman–Crippen LogP) is 5.50. The van der Waals surface area contributed by atoms with Crippen LogP contribution in [0.1, 0.15) is 35.6 Å². The molecule has 3 rings (SSSR count). The Morgan fingerprint density at radius 1 is 0.971 bits per heavy atom. The normalized spacial score (nSPS) is 11.5. The molecular weight excluding hydrogens is 460 g/mol. The van der Waals surface area contributed by atoms with Gasteiger partial charge in [-0.25, -0.2) is 0 Å². The third kappa shape index (κ3) is 7.86. The van der Waals surface area contributed by atoms with Gasteiger partial charge in [0, 0.05) is 24.5 Å². The second kappa shape index (κ2) is 13.0. The number of halogens is 1. The number of hydrogen-bond donors (Lipinski definition) is 1. The summed E-state index contributed by atoms with van der Waals surface area (Å²) in [7, 11) is 0. The Morgan fingerprint density at radius 2 is 1.69 bits per heavy atom. The summed E-state index contributed by atoms with van der Waals surface area (Å²) >= 11 is 6.12. The van der Waals surface area contributed by atoms with Crippen LogP contribution >= 0.6 is 11.6 Å². The summed E-state index contributed by atoms with van der Waals surface area (Å²) < 4.78 is 5.82. The number of benzene rings is 3. The van der Waals surface area contributed by atoms with Crippen molar-refractivity contribution in [2.45, 2.75) is 46.2 Å². The van der Waals surface area contributed by atoms with E-state index in [9.17, 15) is 9.59 Å². The summed E-state index contributed by atoms with van der Waals surface area (Å²) in [6, 6.07) is 22.4. The van der Waals surface area contributed by atoms with Gasteiger partial charge < -0.3 is 15.0 Å². The molecule has 5 nitrogen and oxygen atoms in total. The lowest BCUT2D eigenvalue weighted by atomic mass is 10.0. The molecule has 0 saturated heterocycles. The third-order valence-electron chi connectivity index (χ3n) is 5.79. The highest BCUT2D eigenvalue weighted by molar-refractivity contribution is 6.31. The first-order valence-electron chi connectivity index (χ1n) is 11.9. The van der Waals surface area contributed by atoms with E-state index >= 15 is 0 Å². The van der Waals surface area contributed by atoms with E-state index in [0.29, 0.717) is 30.3 Å². The maximum atomic E-state index is 13.5. The average Bonchev–Trinajstić information content (AvgIpc) is 2.87. The van der Waals surface area contributed by atoms with Crippen LogP contribution in [-0.2, 0) is 22.6 Å². The fourth-order valence-corrected chi connectivity index (χ4v) is 3.86. The number of rotatable bonds is 11. The van der Waals surface area contributed by atoms with Gasteiger partial charge in [0.05, 0.1) is 0 Å². The van der Waals surface area contributed by atoms with Crippen molar-refractivity contribution >= 4 is 23.4 Å². The highest BCUT2D eigenvalue weighted by Gasteiger charge is 2.30. The van der Waals surface area contributed by atoms with E-state index in [2.05, 4.69) is 5.32 Å². The molecule has 0 radical (unpaired) electrons. The van der Waals surface area contributed by atoms with Gasteiger partial charge >= 0.3 is 0 Å². The summed E-state index contributed by atoms with van der Waals surface area (Å²) in [4.78, 5) is 28.5. The number of carbonyl (C=O) groups excluding carboxylic acids is 2. The van der Waals surface area contributed by atoms with E-state index in [4.69, 9.17) is 16.3 Å². The largest absolute Gasteiger partial charge is 0.484 e. The van der Waals surface area contributed by atoms with Crippen LogP contribution in [0.25, 0.3) is 0 Å². The summed E-state index contributed by atoms with van der Waals surface area (Å²) in [5.74, 6) is 0.134. The number of ether oxygens (including phenoxy) is 1. The number of hydrogen-bond acceptors (Lipinski definition) is 3. The van der Waals surface area contributed by atoms with Gasteiger partial charge in [0.15, 0.2) is 6.61 Å². The van der Waals surface area contributed by atoms with Crippen LogP contribution < -0.4 is 10.1 Å². The topological polar surface area (TPSA) is 58.6 Å². The molecule has 35 heavy (non-hydrogen) atoms. The van der Waals surface area contributed by atoms with Crippen molar-refractivity contribution in [1.29, 1.82) is 0 Å². The smallest absolute Gasteiger partial charge is 0.261 e. The molecule has 0 fully saturated rings. The first kappa shape index (κ1) is 26.3. The first-order chi connectivity index (χ1) is 16.9. The molecular formula is C29H33ClN2O3. The fourth-order valence-electron chi connectivity index (χ4n) is 3.75. The quantitative estimate of drug-likeness (QED) is 0.384. The van der Waals surface area contributed by atoms with Gasteiger partial charge in [-0.2, -0.15) is 0 Å². The molecule has 0 saturated carbocycles. The van der Waals surface area contributed by atoms with Crippen molar-refractivity contribution in [3.8, 4) is 5.75 Å². The Bertz CT molecular complexity index is 1120. The zero-order valence-corrected chi connectivity index (χ0v) is 21.3.